The fourth-order valence-electron chi connectivity index (χ4n) is 2.78. The van der Waals surface area contributed by atoms with Crippen LogP contribution in [-0.2, 0) is 22.6 Å². The fraction of sp³-hybridized carbons (Fsp3) is 0.364. The van der Waals surface area contributed by atoms with Gasteiger partial charge in [0, 0.05) is 13.1 Å². The Labute approximate surface area is 160 Å². The van der Waals surface area contributed by atoms with Gasteiger partial charge in [-0.2, -0.15) is 0 Å². The Morgan fingerprint density at radius 1 is 1.04 bits per heavy atom. The molecule has 0 fully saturated rings. The summed E-state index contributed by atoms with van der Waals surface area (Å²) in [5, 5.41) is 2.88. The molecule has 0 aromatic heterocycles. The number of carbonyl (C=O) groups excluding carboxylic acids is 2. The second kappa shape index (κ2) is 10.5. The lowest BCUT2D eigenvalue weighted by atomic mass is 10.1. The summed E-state index contributed by atoms with van der Waals surface area (Å²) >= 11 is 0. The van der Waals surface area contributed by atoms with Crippen LogP contribution in [0.2, 0.25) is 0 Å². The number of halogens is 1. The topological polar surface area (TPSA) is 49.4 Å². The molecule has 0 unspecified atom stereocenters. The molecule has 2 amide bonds. The molecular weight excluding hydrogens is 343 g/mol. The second-order valence-electron chi connectivity index (χ2n) is 6.63. The van der Waals surface area contributed by atoms with Crippen molar-refractivity contribution in [1.29, 1.82) is 0 Å². The van der Waals surface area contributed by atoms with E-state index in [1.54, 1.807) is 24.0 Å². The van der Waals surface area contributed by atoms with Gasteiger partial charge in [0.1, 0.15) is 11.9 Å². The quantitative estimate of drug-likeness (QED) is 0.684. The van der Waals surface area contributed by atoms with Crippen molar-refractivity contribution in [3.63, 3.8) is 0 Å². The van der Waals surface area contributed by atoms with E-state index in [0.29, 0.717) is 6.54 Å². The van der Waals surface area contributed by atoms with Crippen LogP contribution < -0.4 is 5.32 Å². The second-order valence-corrected chi connectivity index (χ2v) is 6.63. The molecule has 4 nitrogen and oxygen atoms in total. The number of nitrogens with zero attached hydrogens (tertiary/aromatic N) is 1. The molecule has 2 aromatic rings. The van der Waals surface area contributed by atoms with Gasteiger partial charge in [0.25, 0.3) is 0 Å². The van der Waals surface area contributed by atoms with Gasteiger partial charge in [-0.15, -0.1) is 0 Å². The van der Waals surface area contributed by atoms with E-state index in [0.717, 1.165) is 24.0 Å². The monoisotopic (exact) mass is 370 g/mol. The van der Waals surface area contributed by atoms with Crippen molar-refractivity contribution in [3.8, 4) is 0 Å². The summed E-state index contributed by atoms with van der Waals surface area (Å²) < 4.78 is 13.2. The third-order valence-electron chi connectivity index (χ3n) is 4.46. The molecule has 0 heterocycles. The Kier molecular flexibility index (Phi) is 7.99. The largest absolute Gasteiger partial charge is 0.354 e. The van der Waals surface area contributed by atoms with Crippen molar-refractivity contribution in [1.82, 2.24) is 10.2 Å². The maximum atomic E-state index is 13.2. The third-order valence-corrected chi connectivity index (χ3v) is 4.46. The lowest BCUT2D eigenvalue weighted by molar-refractivity contribution is -0.140. The molecule has 0 spiro atoms. The summed E-state index contributed by atoms with van der Waals surface area (Å²) in [4.78, 5) is 27.0. The Balaban J connectivity index is 2.14. The highest BCUT2D eigenvalue weighted by Gasteiger charge is 2.26. The lowest BCUT2D eigenvalue weighted by Gasteiger charge is -2.29. The van der Waals surface area contributed by atoms with Crippen molar-refractivity contribution in [2.45, 2.75) is 45.7 Å². The van der Waals surface area contributed by atoms with Crippen molar-refractivity contribution < 1.29 is 14.0 Å². The number of benzene rings is 2. The molecule has 5 heteroatoms. The smallest absolute Gasteiger partial charge is 0.242 e. The molecule has 144 valence electrons. The van der Waals surface area contributed by atoms with Gasteiger partial charge in [-0.1, -0.05) is 55.8 Å². The summed E-state index contributed by atoms with van der Waals surface area (Å²) in [5.74, 6) is -0.637. The highest BCUT2D eigenvalue weighted by Crippen LogP contribution is 2.13. The maximum Gasteiger partial charge on any atom is 0.242 e. The molecule has 0 aliphatic carbocycles. The van der Waals surface area contributed by atoms with Crippen molar-refractivity contribution in [2.24, 2.45) is 0 Å². The summed E-state index contributed by atoms with van der Waals surface area (Å²) in [6, 6.07) is 14.8. The fourth-order valence-corrected chi connectivity index (χ4v) is 2.78. The number of rotatable bonds is 9. The first-order chi connectivity index (χ1) is 13.0. The van der Waals surface area contributed by atoms with E-state index in [9.17, 15) is 14.0 Å². The van der Waals surface area contributed by atoms with Gasteiger partial charge in [-0.25, -0.2) is 4.39 Å². The summed E-state index contributed by atoms with van der Waals surface area (Å²) in [6.45, 7) is 4.64. The Hall–Kier alpha value is -2.69. The van der Waals surface area contributed by atoms with Crippen molar-refractivity contribution >= 4 is 11.8 Å². The minimum atomic E-state index is -0.608. The number of carbonyl (C=O) groups is 2. The molecule has 27 heavy (non-hydrogen) atoms. The van der Waals surface area contributed by atoms with Crippen LogP contribution in [0.25, 0.3) is 0 Å². The number of hydrogen-bond donors (Lipinski definition) is 1. The summed E-state index contributed by atoms with van der Waals surface area (Å²) in [5.41, 5.74) is 1.68. The van der Waals surface area contributed by atoms with Gasteiger partial charge in [0.05, 0.1) is 6.42 Å². The van der Waals surface area contributed by atoms with Gasteiger partial charge < -0.3 is 10.2 Å². The predicted molar refractivity (Wildman–Crippen MR) is 104 cm³/mol. The van der Waals surface area contributed by atoms with E-state index in [1.165, 1.54) is 12.1 Å². The van der Waals surface area contributed by atoms with Crippen LogP contribution in [-0.4, -0.2) is 29.3 Å². The molecule has 1 atom stereocenters. The van der Waals surface area contributed by atoms with Crippen LogP contribution in [0, 0.1) is 5.82 Å². The van der Waals surface area contributed by atoms with Gasteiger partial charge in [0.2, 0.25) is 11.8 Å². The first-order valence-electron chi connectivity index (χ1n) is 9.36. The van der Waals surface area contributed by atoms with Crippen LogP contribution in [0.4, 0.5) is 4.39 Å². The highest BCUT2D eigenvalue weighted by molar-refractivity contribution is 5.88. The Morgan fingerprint density at radius 3 is 2.33 bits per heavy atom. The number of hydrogen-bond acceptors (Lipinski definition) is 2. The Morgan fingerprint density at radius 2 is 1.70 bits per heavy atom. The van der Waals surface area contributed by atoms with Crippen LogP contribution in [0.1, 0.15) is 37.8 Å². The number of amides is 2. The molecule has 1 N–H and O–H groups in total. The molecule has 2 aromatic carbocycles. The molecular formula is C22H27FN2O2. The zero-order chi connectivity index (χ0) is 19.6. The van der Waals surface area contributed by atoms with Crippen LogP contribution >= 0.6 is 0 Å². The van der Waals surface area contributed by atoms with Gasteiger partial charge in [-0.05, 0) is 36.6 Å². The molecule has 0 saturated heterocycles. The molecule has 0 radical (unpaired) electrons. The Bertz CT molecular complexity index is 732. The van der Waals surface area contributed by atoms with Gasteiger partial charge in [0.15, 0.2) is 0 Å². The summed E-state index contributed by atoms with van der Waals surface area (Å²) in [6.07, 6.45) is 2.10. The first kappa shape index (κ1) is 20.6. The predicted octanol–water partition coefficient (Wildman–Crippen LogP) is 3.70. The van der Waals surface area contributed by atoms with E-state index in [4.69, 9.17) is 0 Å². The minimum absolute atomic E-state index is 0.135. The lowest BCUT2D eigenvalue weighted by Crippen LogP contribution is -2.48. The average molecular weight is 370 g/mol. The van der Waals surface area contributed by atoms with Gasteiger partial charge in [-0.3, -0.25) is 9.59 Å². The van der Waals surface area contributed by atoms with E-state index in [2.05, 4.69) is 12.2 Å². The van der Waals surface area contributed by atoms with E-state index >= 15 is 0 Å². The van der Waals surface area contributed by atoms with Crippen molar-refractivity contribution in [3.05, 3.63) is 71.5 Å². The molecule has 0 bridgehead atoms. The SMILES string of the molecule is CCCCNC(=O)[C@H](C)N(Cc1ccc(F)cc1)C(=O)Cc1ccccc1. The van der Waals surface area contributed by atoms with Crippen LogP contribution in [0.5, 0.6) is 0 Å². The highest BCUT2D eigenvalue weighted by atomic mass is 19.1. The standard InChI is InChI=1S/C22H27FN2O2/c1-3-4-14-24-22(27)17(2)25(16-19-10-12-20(23)13-11-19)21(26)15-18-8-6-5-7-9-18/h5-13,17H,3-4,14-16H2,1-2H3,(H,24,27)/t17-/m0/s1. The number of unbranched alkanes of at least 4 members (excludes halogenated alkanes) is 1. The van der Waals surface area contributed by atoms with E-state index < -0.39 is 6.04 Å². The average Bonchev–Trinajstić information content (AvgIpc) is 2.67. The first-order valence-corrected chi connectivity index (χ1v) is 9.36. The van der Waals surface area contributed by atoms with Crippen molar-refractivity contribution in [2.75, 3.05) is 6.54 Å². The van der Waals surface area contributed by atoms with Crippen LogP contribution in [0.3, 0.4) is 0 Å². The third kappa shape index (κ3) is 6.51. The minimum Gasteiger partial charge on any atom is -0.354 e. The normalized spacial score (nSPS) is 11.7. The molecule has 2 rings (SSSR count). The molecule has 0 aliphatic rings. The maximum absolute atomic E-state index is 13.2. The number of nitrogens with one attached hydrogen (secondary N) is 1. The summed E-state index contributed by atoms with van der Waals surface area (Å²) in [7, 11) is 0. The van der Waals surface area contributed by atoms with Gasteiger partial charge >= 0.3 is 0 Å². The zero-order valence-corrected chi connectivity index (χ0v) is 16.0. The molecule has 0 saturated carbocycles. The molecule has 0 aliphatic heterocycles. The van der Waals surface area contributed by atoms with E-state index in [1.807, 2.05) is 30.3 Å². The zero-order valence-electron chi connectivity index (χ0n) is 16.0. The van der Waals surface area contributed by atoms with Crippen LogP contribution in [0.15, 0.2) is 54.6 Å². The van der Waals surface area contributed by atoms with E-state index in [-0.39, 0.29) is 30.6 Å².